The van der Waals surface area contributed by atoms with E-state index in [1.165, 1.54) is 12.8 Å². The SMILES string of the molecule is CCCC(C)C(C)C(C)C(C)N(C)C. The third kappa shape index (κ3) is 4.00. The summed E-state index contributed by atoms with van der Waals surface area (Å²) in [4.78, 5) is 2.33. The van der Waals surface area contributed by atoms with Crippen LogP contribution in [0.3, 0.4) is 0 Å². The molecule has 0 saturated carbocycles. The van der Waals surface area contributed by atoms with E-state index < -0.39 is 0 Å². The number of nitrogens with zero attached hydrogens (tertiary/aromatic N) is 1. The fraction of sp³-hybridized carbons (Fsp3) is 1.00. The summed E-state index contributed by atoms with van der Waals surface area (Å²) in [5, 5.41) is 0. The van der Waals surface area contributed by atoms with Crippen LogP contribution in [0.25, 0.3) is 0 Å². The molecule has 0 rings (SSSR count). The first-order chi connectivity index (χ1) is 6.41. The van der Waals surface area contributed by atoms with Gasteiger partial charge in [0.15, 0.2) is 0 Å². The standard InChI is InChI=1S/C13H29N/c1-8-9-10(2)11(3)12(4)13(5)14(6)7/h10-13H,8-9H2,1-7H3. The minimum Gasteiger partial charge on any atom is -0.306 e. The van der Waals surface area contributed by atoms with Crippen LogP contribution in [0.4, 0.5) is 0 Å². The average Bonchev–Trinajstić information content (AvgIpc) is 2.14. The zero-order valence-corrected chi connectivity index (χ0v) is 11.2. The van der Waals surface area contributed by atoms with Crippen molar-refractivity contribution in [2.24, 2.45) is 17.8 Å². The second kappa shape index (κ2) is 6.44. The monoisotopic (exact) mass is 199 g/mol. The van der Waals surface area contributed by atoms with Crippen molar-refractivity contribution in [1.82, 2.24) is 4.90 Å². The normalized spacial score (nSPS) is 20.6. The summed E-state index contributed by atoms with van der Waals surface area (Å²) in [6.45, 7) is 11.8. The number of rotatable bonds is 6. The molecule has 0 saturated heterocycles. The lowest BCUT2D eigenvalue weighted by Gasteiger charge is -2.34. The van der Waals surface area contributed by atoms with Crippen molar-refractivity contribution in [3.63, 3.8) is 0 Å². The van der Waals surface area contributed by atoms with E-state index in [0.29, 0.717) is 6.04 Å². The summed E-state index contributed by atoms with van der Waals surface area (Å²) in [7, 11) is 4.36. The van der Waals surface area contributed by atoms with Crippen LogP contribution in [0.5, 0.6) is 0 Å². The molecule has 4 unspecified atom stereocenters. The van der Waals surface area contributed by atoms with Gasteiger partial charge < -0.3 is 4.90 Å². The number of hydrogen-bond donors (Lipinski definition) is 0. The van der Waals surface area contributed by atoms with Crippen LogP contribution in [0.2, 0.25) is 0 Å². The van der Waals surface area contributed by atoms with Gasteiger partial charge in [-0.05, 0) is 38.8 Å². The number of hydrogen-bond acceptors (Lipinski definition) is 1. The fourth-order valence-electron chi connectivity index (χ4n) is 2.15. The summed E-state index contributed by atoms with van der Waals surface area (Å²) < 4.78 is 0. The van der Waals surface area contributed by atoms with E-state index in [1.807, 2.05) is 0 Å². The maximum absolute atomic E-state index is 2.41. The molecule has 4 atom stereocenters. The van der Waals surface area contributed by atoms with Gasteiger partial charge in [-0.15, -0.1) is 0 Å². The summed E-state index contributed by atoms with van der Waals surface area (Å²) in [6.07, 6.45) is 2.68. The summed E-state index contributed by atoms with van der Waals surface area (Å²) in [5.41, 5.74) is 0. The van der Waals surface area contributed by atoms with Gasteiger partial charge in [-0.1, -0.05) is 40.5 Å². The molecule has 14 heavy (non-hydrogen) atoms. The lowest BCUT2D eigenvalue weighted by atomic mass is 9.79. The van der Waals surface area contributed by atoms with Gasteiger partial charge in [-0.2, -0.15) is 0 Å². The zero-order chi connectivity index (χ0) is 11.3. The van der Waals surface area contributed by atoms with Crippen molar-refractivity contribution in [3.05, 3.63) is 0 Å². The van der Waals surface area contributed by atoms with Gasteiger partial charge in [0.05, 0.1) is 0 Å². The van der Waals surface area contributed by atoms with E-state index in [1.54, 1.807) is 0 Å². The molecule has 0 aromatic rings. The van der Waals surface area contributed by atoms with Gasteiger partial charge in [-0.3, -0.25) is 0 Å². The van der Waals surface area contributed by atoms with Crippen molar-refractivity contribution in [2.75, 3.05) is 14.1 Å². The first kappa shape index (κ1) is 14.0. The summed E-state index contributed by atoms with van der Waals surface area (Å²) in [6, 6.07) is 0.685. The van der Waals surface area contributed by atoms with Crippen molar-refractivity contribution < 1.29 is 0 Å². The Labute approximate surface area is 90.9 Å². The summed E-state index contributed by atoms with van der Waals surface area (Å²) >= 11 is 0. The molecule has 0 aliphatic carbocycles. The van der Waals surface area contributed by atoms with Gasteiger partial charge in [0.1, 0.15) is 0 Å². The van der Waals surface area contributed by atoms with Crippen LogP contribution in [0.15, 0.2) is 0 Å². The van der Waals surface area contributed by atoms with Crippen molar-refractivity contribution >= 4 is 0 Å². The third-order valence-electron chi connectivity index (χ3n) is 4.05. The molecule has 0 N–H and O–H groups in total. The molecular formula is C13H29N. The predicted octanol–water partition coefficient (Wildman–Crippen LogP) is 3.64. The predicted molar refractivity (Wildman–Crippen MR) is 65.5 cm³/mol. The average molecular weight is 199 g/mol. The van der Waals surface area contributed by atoms with Crippen LogP contribution >= 0.6 is 0 Å². The van der Waals surface area contributed by atoms with Gasteiger partial charge in [0.25, 0.3) is 0 Å². The van der Waals surface area contributed by atoms with Gasteiger partial charge >= 0.3 is 0 Å². The van der Waals surface area contributed by atoms with E-state index >= 15 is 0 Å². The first-order valence-electron chi connectivity index (χ1n) is 6.08. The second-order valence-electron chi connectivity index (χ2n) is 5.19. The lowest BCUT2D eigenvalue weighted by molar-refractivity contribution is 0.153. The maximum atomic E-state index is 2.41. The molecule has 0 heterocycles. The van der Waals surface area contributed by atoms with Gasteiger partial charge in [0, 0.05) is 6.04 Å². The van der Waals surface area contributed by atoms with Crippen LogP contribution in [0.1, 0.15) is 47.5 Å². The van der Waals surface area contributed by atoms with E-state index in [2.05, 4.69) is 53.6 Å². The highest BCUT2D eigenvalue weighted by Crippen LogP contribution is 2.27. The Morgan fingerprint density at radius 1 is 0.929 bits per heavy atom. The van der Waals surface area contributed by atoms with Crippen molar-refractivity contribution in [3.8, 4) is 0 Å². The van der Waals surface area contributed by atoms with Crippen molar-refractivity contribution in [1.29, 1.82) is 0 Å². The maximum Gasteiger partial charge on any atom is 0.00891 e. The third-order valence-corrected chi connectivity index (χ3v) is 4.05. The zero-order valence-electron chi connectivity index (χ0n) is 11.2. The lowest BCUT2D eigenvalue weighted by Crippen LogP contribution is -2.36. The molecular weight excluding hydrogens is 170 g/mol. The van der Waals surface area contributed by atoms with Gasteiger partial charge in [0.2, 0.25) is 0 Å². The Kier molecular flexibility index (Phi) is 6.43. The quantitative estimate of drug-likeness (QED) is 0.631. The minimum atomic E-state index is 0.685. The van der Waals surface area contributed by atoms with E-state index in [4.69, 9.17) is 0 Å². The molecule has 1 nitrogen and oxygen atoms in total. The molecule has 0 aliphatic rings. The molecule has 0 fully saturated rings. The van der Waals surface area contributed by atoms with Crippen LogP contribution < -0.4 is 0 Å². The molecule has 0 radical (unpaired) electrons. The second-order valence-corrected chi connectivity index (χ2v) is 5.19. The van der Waals surface area contributed by atoms with Crippen LogP contribution in [-0.4, -0.2) is 25.0 Å². The highest BCUT2D eigenvalue weighted by Gasteiger charge is 2.24. The largest absolute Gasteiger partial charge is 0.306 e. The molecule has 0 spiro atoms. The highest BCUT2D eigenvalue weighted by molar-refractivity contribution is 4.76. The fourth-order valence-corrected chi connectivity index (χ4v) is 2.15. The van der Waals surface area contributed by atoms with E-state index in [-0.39, 0.29) is 0 Å². The molecule has 0 bridgehead atoms. The Balaban J connectivity index is 4.15. The molecule has 0 aromatic carbocycles. The topological polar surface area (TPSA) is 3.24 Å². The Morgan fingerprint density at radius 3 is 1.79 bits per heavy atom. The minimum absolute atomic E-state index is 0.685. The molecule has 0 aromatic heterocycles. The first-order valence-corrected chi connectivity index (χ1v) is 6.08. The Morgan fingerprint density at radius 2 is 1.43 bits per heavy atom. The van der Waals surface area contributed by atoms with Gasteiger partial charge in [-0.25, -0.2) is 0 Å². The molecule has 0 aliphatic heterocycles. The Bertz CT molecular complexity index is 142. The van der Waals surface area contributed by atoms with Crippen LogP contribution in [-0.2, 0) is 0 Å². The van der Waals surface area contributed by atoms with Crippen LogP contribution in [0, 0.1) is 17.8 Å². The molecule has 1 heteroatoms. The smallest absolute Gasteiger partial charge is 0.00891 e. The highest BCUT2D eigenvalue weighted by atomic mass is 15.1. The molecule has 86 valence electrons. The summed E-state index contributed by atoms with van der Waals surface area (Å²) in [5.74, 6) is 2.47. The van der Waals surface area contributed by atoms with Crippen molar-refractivity contribution in [2.45, 2.75) is 53.5 Å². The Hall–Kier alpha value is -0.0400. The van der Waals surface area contributed by atoms with E-state index in [0.717, 1.165) is 17.8 Å². The molecule has 0 amide bonds. The van der Waals surface area contributed by atoms with E-state index in [9.17, 15) is 0 Å².